The standard InChI is InChI=1S/C4H8NO6P/c5-4(8)2(1-3(6)7)12(9,10)11/h2H,1H2,(H2,5,8)(H,6,7)(H2,9,10,11). The fourth-order valence-electron chi connectivity index (χ4n) is 0.551. The Hall–Kier alpha value is -0.910. The van der Waals surface area contributed by atoms with Gasteiger partial charge in [0, 0.05) is 0 Å². The molecule has 0 aliphatic carbocycles. The number of nitrogens with two attached hydrogens (primary N) is 1. The Morgan fingerprint density at radius 3 is 1.92 bits per heavy atom. The van der Waals surface area contributed by atoms with E-state index in [0.717, 1.165) is 0 Å². The molecule has 0 spiro atoms. The second-order valence-electron chi connectivity index (χ2n) is 2.11. The molecule has 0 aliphatic heterocycles. The van der Waals surface area contributed by atoms with Gasteiger partial charge in [0.25, 0.3) is 0 Å². The van der Waals surface area contributed by atoms with Crippen LogP contribution in [0.2, 0.25) is 0 Å². The third-order valence-corrected chi connectivity index (χ3v) is 2.35. The number of carbonyl (C=O) groups is 2. The zero-order chi connectivity index (χ0) is 9.94. The largest absolute Gasteiger partial charge is 0.481 e. The summed E-state index contributed by atoms with van der Waals surface area (Å²) in [5, 5.41) is 8.14. The third kappa shape index (κ3) is 3.47. The SMILES string of the molecule is NC(=O)C(CC(=O)O)P(=O)(O)O. The van der Waals surface area contributed by atoms with Crippen molar-refractivity contribution in [2.75, 3.05) is 0 Å². The summed E-state index contributed by atoms with van der Waals surface area (Å²) in [5.41, 5.74) is 2.64. The summed E-state index contributed by atoms with van der Waals surface area (Å²) in [7, 11) is -4.74. The van der Waals surface area contributed by atoms with Gasteiger partial charge in [-0.25, -0.2) is 0 Å². The first-order valence-electron chi connectivity index (χ1n) is 2.81. The third-order valence-electron chi connectivity index (χ3n) is 1.10. The molecule has 0 aliphatic rings. The molecule has 0 heterocycles. The molecule has 0 radical (unpaired) electrons. The minimum absolute atomic E-state index is 0.959. The van der Waals surface area contributed by atoms with Crippen LogP contribution in [0.1, 0.15) is 6.42 Å². The Labute approximate surface area is 67.3 Å². The number of hydrogen-bond donors (Lipinski definition) is 4. The molecule has 0 aromatic heterocycles. The number of aliphatic carboxylic acids is 1. The molecule has 0 fully saturated rings. The Bertz CT molecular complexity index is 244. The molecule has 8 heteroatoms. The number of carboxylic acid groups (broad SMARTS) is 1. The van der Waals surface area contributed by atoms with Gasteiger partial charge in [-0.1, -0.05) is 0 Å². The van der Waals surface area contributed by atoms with Crippen molar-refractivity contribution in [3.63, 3.8) is 0 Å². The zero-order valence-corrected chi connectivity index (χ0v) is 6.77. The number of hydrogen-bond acceptors (Lipinski definition) is 3. The van der Waals surface area contributed by atoms with Gasteiger partial charge in [0.2, 0.25) is 5.91 Å². The Morgan fingerprint density at radius 1 is 1.42 bits per heavy atom. The highest BCUT2D eigenvalue weighted by atomic mass is 31.2. The maximum Gasteiger partial charge on any atom is 0.338 e. The van der Waals surface area contributed by atoms with E-state index < -0.39 is 31.6 Å². The van der Waals surface area contributed by atoms with E-state index in [1.165, 1.54) is 0 Å². The molecule has 5 N–H and O–H groups in total. The van der Waals surface area contributed by atoms with Gasteiger partial charge in [0.1, 0.15) is 5.66 Å². The van der Waals surface area contributed by atoms with E-state index in [1.807, 2.05) is 0 Å². The maximum absolute atomic E-state index is 10.4. The Balaban J connectivity index is 4.58. The van der Waals surface area contributed by atoms with E-state index in [-0.39, 0.29) is 0 Å². The molecule has 0 aromatic rings. The van der Waals surface area contributed by atoms with Crippen LogP contribution in [0.25, 0.3) is 0 Å². The zero-order valence-electron chi connectivity index (χ0n) is 5.88. The van der Waals surface area contributed by atoms with Gasteiger partial charge in [-0.15, -0.1) is 0 Å². The van der Waals surface area contributed by atoms with Crippen LogP contribution in [0.4, 0.5) is 0 Å². The number of carboxylic acids is 1. The van der Waals surface area contributed by atoms with Crippen LogP contribution in [-0.2, 0) is 14.2 Å². The highest BCUT2D eigenvalue weighted by Gasteiger charge is 2.35. The van der Waals surface area contributed by atoms with Gasteiger partial charge < -0.3 is 20.6 Å². The molecular weight excluding hydrogens is 189 g/mol. The second kappa shape index (κ2) is 3.66. The fourth-order valence-corrected chi connectivity index (χ4v) is 1.28. The van der Waals surface area contributed by atoms with Crippen LogP contribution in [0.5, 0.6) is 0 Å². The van der Waals surface area contributed by atoms with E-state index in [9.17, 15) is 14.2 Å². The predicted molar refractivity (Wildman–Crippen MR) is 37.3 cm³/mol. The van der Waals surface area contributed by atoms with E-state index in [0.29, 0.717) is 0 Å². The molecule has 0 rings (SSSR count). The van der Waals surface area contributed by atoms with Crippen LogP contribution in [-0.4, -0.2) is 32.4 Å². The first kappa shape index (κ1) is 11.1. The molecule has 0 saturated carbocycles. The van der Waals surface area contributed by atoms with Crippen molar-refractivity contribution in [1.82, 2.24) is 0 Å². The van der Waals surface area contributed by atoms with Crippen molar-refractivity contribution >= 4 is 19.5 Å². The summed E-state index contributed by atoms with van der Waals surface area (Å²) in [4.78, 5) is 37.2. The van der Waals surface area contributed by atoms with Crippen molar-refractivity contribution in [2.24, 2.45) is 5.73 Å². The van der Waals surface area contributed by atoms with Crippen molar-refractivity contribution in [1.29, 1.82) is 0 Å². The summed E-state index contributed by atoms with van der Waals surface area (Å²) in [6.45, 7) is 0. The topological polar surface area (TPSA) is 138 Å². The molecule has 70 valence electrons. The number of amides is 1. The van der Waals surface area contributed by atoms with Crippen molar-refractivity contribution < 1.29 is 29.0 Å². The number of carbonyl (C=O) groups excluding carboxylic acids is 1. The molecule has 1 atom stereocenters. The van der Waals surface area contributed by atoms with Crippen LogP contribution >= 0.6 is 7.60 Å². The van der Waals surface area contributed by atoms with Gasteiger partial charge >= 0.3 is 13.6 Å². The lowest BCUT2D eigenvalue weighted by molar-refractivity contribution is -0.138. The van der Waals surface area contributed by atoms with Gasteiger partial charge in [-0.05, 0) is 0 Å². The lowest BCUT2D eigenvalue weighted by Crippen LogP contribution is -2.30. The quantitative estimate of drug-likeness (QED) is 0.404. The summed E-state index contributed by atoms with van der Waals surface area (Å²) < 4.78 is 10.4. The van der Waals surface area contributed by atoms with Gasteiger partial charge in [0.05, 0.1) is 6.42 Å². The second-order valence-corrected chi connectivity index (χ2v) is 3.91. The molecule has 1 amide bonds. The minimum atomic E-state index is -4.74. The minimum Gasteiger partial charge on any atom is -0.481 e. The molecule has 0 saturated heterocycles. The average molecular weight is 197 g/mol. The normalized spacial score (nSPS) is 13.8. The molecule has 1 unspecified atom stereocenters. The van der Waals surface area contributed by atoms with E-state index in [4.69, 9.17) is 14.9 Å². The Morgan fingerprint density at radius 2 is 1.83 bits per heavy atom. The van der Waals surface area contributed by atoms with Crippen molar-refractivity contribution in [3.8, 4) is 0 Å². The van der Waals surface area contributed by atoms with Gasteiger partial charge in [0.15, 0.2) is 0 Å². The van der Waals surface area contributed by atoms with Crippen LogP contribution in [0.3, 0.4) is 0 Å². The average Bonchev–Trinajstić information content (AvgIpc) is 1.79. The van der Waals surface area contributed by atoms with E-state index >= 15 is 0 Å². The Kier molecular flexibility index (Phi) is 3.38. The summed E-state index contributed by atoms with van der Waals surface area (Å²) in [5.74, 6) is -2.80. The predicted octanol–water partition coefficient (Wildman–Crippen LogP) is -1.51. The number of primary amides is 1. The smallest absolute Gasteiger partial charge is 0.338 e. The van der Waals surface area contributed by atoms with Crippen LogP contribution < -0.4 is 5.73 Å². The monoisotopic (exact) mass is 197 g/mol. The van der Waals surface area contributed by atoms with E-state index in [2.05, 4.69) is 5.73 Å². The van der Waals surface area contributed by atoms with E-state index in [1.54, 1.807) is 0 Å². The van der Waals surface area contributed by atoms with Crippen molar-refractivity contribution in [2.45, 2.75) is 12.1 Å². The van der Waals surface area contributed by atoms with Crippen LogP contribution in [0.15, 0.2) is 0 Å². The summed E-state index contributed by atoms with van der Waals surface area (Å²) >= 11 is 0. The lowest BCUT2D eigenvalue weighted by atomic mass is 10.3. The summed E-state index contributed by atoms with van der Waals surface area (Å²) in [6.07, 6.45) is -0.959. The molecule has 7 nitrogen and oxygen atoms in total. The highest BCUT2D eigenvalue weighted by molar-refractivity contribution is 7.53. The number of rotatable bonds is 4. The summed E-state index contributed by atoms with van der Waals surface area (Å²) in [6, 6.07) is 0. The van der Waals surface area contributed by atoms with Crippen LogP contribution in [0, 0.1) is 0 Å². The molecule has 0 aromatic carbocycles. The first-order chi connectivity index (χ1) is 5.25. The molecular formula is C4H8NO6P. The maximum atomic E-state index is 10.4. The first-order valence-corrected chi connectivity index (χ1v) is 4.49. The fraction of sp³-hybridized carbons (Fsp3) is 0.500. The lowest BCUT2D eigenvalue weighted by Gasteiger charge is -2.11. The van der Waals surface area contributed by atoms with Gasteiger partial charge in [-0.3, -0.25) is 14.2 Å². The van der Waals surface area contributed by atoms with Gasteiger partial charge in [-0.2, -0.15) is 0 Å². The highest BCUT2D eigenvalue weighted by Crippen LogP contribution is 2.42. The molecule has 12 heavy (non-hydrogen) atoms. The van der Waals surface area contributed by atoms with Crippen molar-refractivity contribution in [3.05, 3.63) is 0 Å². The molecule has 0 bridgehead atoms.